The fourth-order valence-electron chi connectivity index (χ4n) is 2.46. The first-order valence-electron chi connectivity index (χ1n) is 6.26. The fourth-order valence-corrected chi connectivity index (χ4v) is 2.84. The van der Waals surface area contributed by atoms with Gasteiger partial charge in [0.1, 0.15) is 5.75 Å². The maximum absolute atomic E-state index is 6.10. The van der Waals surface area contributed by atoms with Crippen molar-refractivity contribution in [3.8, 4) is 5.75 Å². The Morgan fingerprint density at radius 3 is 2.88 bits per heavy atom. The largest absolute Gasteiger partial charge is 0.496 e. The third-order valence-corrected chi connectivity index (χ3v) is 3.81. The molecule has 3 heteroatoms. The van der Waals surface area contributed by atoms with Gasteiger partial charge in [-0.25, -0.2) is 0 Å². The van der Waals surface area contributed by atoms with Gasteiger partial charge in [-0.3, -0.25) is 0 Å². The molecule has 0 aliphatic heterocycles. The van der Waals surface area contributed by atoms with Gasteiger partial charge < -0.3 is 10.1 Å². The third-order valence-electron chi connectivity index (χ3n) is 3.42. The van der Waals surface area contributed by atoms with Crippen LogP contribution >= 0.6 is 11.6 Å². The highest BCUT2D eigenvalue weighted by atomic mass is 35.5. The molecule has 1 N–H and O–H groups in total. The SMILES string of the molecule is COc1ccccc1CNCC1CCC(Cl)C1. The highest BCUT2D eigenvalue weighted by molar-refractivity contribution is 6.20. The number of benzene rings is 1. The van der Waals surface area contributed by atoms with E-state index in [1.165, 1.54) is 18.4 Å². The summed E-state index contributed by atoms with van der Waals surface area (Å²) in [6, 6.07) is 8.15. The number of methoxy groups -OCH3 is 1. The number of nitrogens with one attached hydrogen (secondary N) is 1. The van der Waals surface area contributed by atoms with Crippen molar-refractivity contribution in [2.75, 3.05) is 13.7 Å². The van der Waals surface area contributed by atoms with Crippen molar-refractivity contribution in [3.05, 3.63) is 29.8 Å². The number of ether oxygens (including phenoxy) is 1. The summed E-state index contributed by atoms with van der Waals surface area (Å²) in [7, 11) is 1.72. The second kappa shape index (κ2) is 6.27. The molecule has 0 aromatic heterocycles. The summed E-state index contributed by atoms with van der Waals surface area (Å²) >= 11 is 6.10. The number of halogens is 1. The van der Waals surface area contributed by atoms with Crippen LogP contribution in [0.15, 0.2) is 24.3 Å². The van der Waals surface area contributed by atoms with E-state index in [1.54, 1.807) is 7.11 Å². The van der Waals surface area contributed by atoms with Gasteiger partial charge in [0.05, 0.1) is 7.11 Å². The van der Waals surface area contributed by atoms with Crippen molar-refractivity contribution in [1.29, 1.82) is 0 Å². The van der Waals surface area contributed by atoms with Crippen LogP contribution in [0.5, 0.6) is 5.75 Å². The zero-order chi connectivity index (χ0) is 12.1. The van der Waals surface area contributed by atoms with Crippen LogP contribution in [0.25, 0.3) is 0 Å². The molecule has 2 nitrogen and oxygen atoms in total. The molecule has 2 atom stereocenters. The maximum Gasteiger partial charge on any atom is 0.123 e. The third kappa shape index (κ3) is 3.62. The first-order chi connectivity index (χ1) is 8.29. The van der Waals surface area contributed by atoms with E-state index in [0.717, 1.165) is 31.2 Å². The Kier molecular flexibility index (Phi) is 4.69. The summed E-state index contributed by atoms with van der Waals surface area (Å²) in [5.41, 5.74) is 1.22. The minimum absolute atomic E-state index is 0.396. The molecule has 94 valence electrons. The molecule has 0 bridgehead atoms. The van der Waals surface area contributed by atoms with Gasteiger partial charge >= 0.3 is 0 Å². The summed E-state index contributed by atoms with van der Waals surface area (Å²) in [6.07, 6.45) is 3.58. The molecule has 1 saturated carbocycles. The summed E-state index contributed by atoms with van der Waals surface area (Å²) in [4.78, 5) is 0. The summed E-state index contributed by atoms with van der Waals surface area (Å²) in [5, 5.41) is 3.90. The first-order valence-corrected chi connectivity index (χ1v) is 6.70. The summed E-state index contributed by atoms with van der Waals surface area (Å²) in [6.45, 7) is 1.93. The molecular weight excluding hydrogens is 234 g/mol. The minimum atomic E-state index is 0.396. The van der Waals surface area contributed by atoms with Crippen LogP contribution in [0, 0.1) is 5.92 Å². The summed E-state index contributed by atoms with van der Waals surface area (Å²) < 4.78 is 5.32. The van der Waals surface area contributed by atoms with E-state index >= 15 is 0 Å². The normalized spacial score (nSPS) is 23.9. The molecule has 1 aliphatic carbocycles. The molecule has 0 heterocycles. The Labute approximate surface area is 108 Å². The van der Waals surface area contributed by atoms with E-state index < -0.39 is 0 Å². The highest BCUT2D eigenvalue weighted by Gasteiger charge is 2.22. The van der Waals surface area contributed by atoms with E-state index in [1.807, 2.05) is 18.2 Å². The molecule has 1 fully saturated rings. The standard InChI is InChI=1S/C14H20ClNO/c1-17-14-5-3-2-4-12(14)10-16-9-11-6-7-13(15)8-11/h2-5,11,13,16H,6-10H2,1H3. The van der Waals surface area contributed by atoms with E-state index in [0.29, 0.717) is 5.38 Å². The second-order valence-corrected chi connectivity index (χ2v) is 5.34. The van der Waals surface area contributed by atoms with Crippen LogP contribution in [-0.2, 0) is 6.54 Å². The van der Waals surface area contributed by atoms with Crippen molar-refractivity contribution in [2.24, 2.45) is 5.92 Å². The lowest BCUT2D eigenvalue weighted by molar-refractivity contribution is 0.405. The molecule has 0 radical (unpaired) electrons. The lowest BCUT2D eigenvalue weighted by Gasteiger charge is -2.12. The maximum atomic E-state index is 6.10. The molecule has 17 heavy (non-hydrogen) atoms. The molecule has 0 amide bonds. The van der Waals surface area contributed by atoms with Gasteiger partial charge in [0.25, 0.3) is 0 Å². The van der Waals surface area contributed by atoms with E-state index in [-0.39, 0.29) is 0 Å². The quantitative estimate of drug-likeness (QED) is 0.814. The Bertz CT molecular complexity index is 356. The topological polar surface area (TPSA) is 21.3 Å². The van der Waals surface area contributed by atoms with E-state index in [4.69, 9.17) is 16.3 Å². The van der Waals surface area contributed by atoms with Gasteiger partial charge in [-0.05, 0) is 37.8 Å². The minimum Gasteiger partial charge on any atom is -0.496 e. The molecule has 2 rings (SSSR count). The number of alkyl halides is 1. The Hall–Kier alpha value is -0.730. The first kappa shape index (κ1) is 12.7. The predicted molar refractivity (Wildman–Crippen MR) is 71.7 cm³/mol. The van der Waals surface area contributed by atoms with Gasteiger partial charge in [-0.15, -0.1) is 11.6 Å². The molecule has 1 aliphatic rings. The monoisotopic (exact) mass is 253 g/mol. The Morgan fingerprint density at radius 2 is 2.18 bits per heavy atom. The lowest BCUT2D eigenvalue weighted by atomic mass is 10.1. The highest BCUT2D eigenvalue weighted by Crippen LogP contribution is 2.28. The molecule has 0 spiro atoms. The van der Waals surface area contributed by atoms with Gasteiger partial charge in [-0.2, -0.15) is 0 Å². The molecule has 2 unspecified atom stereocenters. The smallest absolute Gasteiger partial charge is 0.123 e. The van der Waals surface area contributed by atoms with Gasteiger partial charge in [0.2, 0.25) is 0 Å². The van der Waals surface area contributed by atoms with Crippen LogP contribution in [0.2, 0.25) is 0 Å². The lowest BCUT2D eigenvalue weighted by Crippen LogP contribution is -2.21. The van der Waals surface area contributed by atoms with Crippen molar-refractivity contribution in [3.63, 3.8) is 0 Å². The Balaban J connectivity index is 1.78. The zero-order valence-electron chi connectivity index (χ0n) is 10.3. The molecule has 0 saturated heterocycles. The van der Waals surface area contributed by atoms with Crippen molar-refractivity contribution in [1.82, 2.24) is 5.32 Å². The second-order valence-electron chi connectivity index (χ2n) is 4.72. The number of para-hydroxylation sites is 1. The van der Waals surface area contributed by atoms with Gasteiger partial charge in [-0.1, -0.05) is 18.2 Å². The van der Waals surface area contributed by atoms with E-state index in [2.05, 4.69) is 11.4 Å². The van der Waals surface area contributed by atoms with Crippen LogP contribution in [0.4, 0.5) is 0 Å². The van der Waals surface area contributed by atoms with Crippen LogP contribution in [0.3, 0.4) is 0 Å². The predicted octanol–water partition coefficient (Wildman–Crippen LogP) is 3.19. The molecule has 1 aromatic rings. The van der Waals surface area contributed by atoms with Crippen LogP contribution in [0.1, 0.15) is 24.8 Å². The van der Waals surface area contributed by atoms with Crippen molar-refractivity contribution in [2.45, 2.75) is 31.2 Å². The molecule has 1 aromatic carbocycles. The average Bonchev–Trinajstić information content (AvgIpc) is 2.76. The fraction of sp³-hybridized carbons (Fsp3) is 0.571. The molecular formula is C14H20ClNO. The zero-order valence-corrected chi connectivity index (χ0v) is 11.0. The van der Waals surface area contributed by atoms with Crippen molar-refractivity contribution < 1.29 is 4.74 Å². The number of rotatable bonds is 5. The van der Waals surface area contributed by atoms with Gasteiger partial charge in [0, 0.05) is 17.5 Å². The average molecular weight is 254 g/mol. The van der Waals surface area contributed by atoms with Gasteiger partial charge in [0.15, 0.2) is 0 Å². The number of hydrogen-bond donors (Lipinski definition) is 1. The Morgan fingerprint density at radius 1 is 1.35 bits per heavy atom. The summed E-state index contributed by atoms with van der Waals surface area (Å²) in [5.74, 6) is 1.70. The van der Waals surface area contributed by atoms with Crippen molar-refractivity contribution >= 4 is 11.6 Å². The van der Waals surface area contributed by atoms with Crippen LogP contribution < -0.4 is 10.1 Å². The van der Waals surface area contributed by atoms with Crippen LogP contribution in [-0.4, -0.2) is 19.0 Å². The van der Waals surface area contributed by atoms with E-state index in [9.17, 15) is 0 Å². The number of hydrogen-bond acceptors (Lipinski definition) is 2.